The van der Waals surface area contributed by atoms with Crippen LogP contribution in [0, 0.1) is 0 Å². The average molecular weight is 255 g/mol. The number of carboxylic acids is 1. The lowest BCUT2D eigenvalue weighted by molar-refractivity contribution is -0.138. The number of carboxylic acid groups (broad SMARTS) is 1. The van der Waals surface area contributed by atoms with Crippen molar-refractivity contribution in [3.05, 3.63) is 17.7 Å². The number of nitrogens with one attached hydrogen (secondary N) is 1. The predicted molar refractivity (Wildman–Crippen MR) is 63.7 cm³/mol. The topological polar surface area (TPSA) is 67.8 Å². The van der Waals surface area contributed by atoms with Gasteiger partial charge in [-0.05, 0) is 29.6 Å². The number of hydrogen-bond acceptors (Lipinski definition) is 5. The van der Waals surface area contributed by atoms with Crippen molar-refractivity contribution < 1.29 is 19.4 Å². The van der Waals surface area contributed by atoms with Gasteiger partial charge in [-0.15, -0.1) is 0 Å². The van der Waals surface area contributed by atoms with Gasteiger partial charge in [0.15, 0.2) is 11.5 Å². The van der Waals surface area contributed by atoms with Gasteiger partial charge in [0.05, 0.1) is 14.2 Å². The first kappa shape index (κ1) is 12.1. The lowest BCUT2D eigenvalue weighted by Gasteiger charge is -2.23. The van der Waals surface area contributed by atoms with Crippen LogP contribution >= 0.6 is 11.9 Å². The number of rotatable bonds is 3. The summed E-state index contributed by atoms with van der Waals surface area (Å²) in [5, 5.41) is 8.96. The number of ether oxygens (including phenoxy) is 2. The Balaban J connectivity index is 2.35. The summed E-state index contributed by atoms with van der Waals surface area (Å²) in [7, 11) is 3.14. The van der Waals surface area contributed by atoms with E-state index in [4.69, 9.17) is 14.6 Å². The van der Waals surface area contributed by atoms with Gasteiger partial charge in [-0.25, -0.2) is 4.72 Å². The van der Waals surface area contributed by atoms with Crippen molar-refractivity contribution in [2.75, 3.05) is 14.2 Å². The van der Waals surface area contributed by atoms with E-state index >= 15 is 0 Å². The third kappa shape index (κ3) is 2.32. The summed E-state index contributed by atoms with van der Waals surface area (Å²) in [5.41, 5.74) is 0.957. The lowest BCUT2D eigenvalue weighted by atomic mass is 10.1. The maximum absolute atomic E-state index is 10.9. The van der Waals surface area contributed by atoms with Gasteiger partial charge in [0.25, 0.3) is 0 Å². The van der Waals surface area contributed by atoms with E-state index in [9.17, 15) is 4.79 Å². The molecule has 0 radical (unpaired) electrons. The molecule has 0 aromatic heterocycles. The quantitative estimate of drug-likeness (QED) is 0.794. The van der Waals surface area contributed by atoms with Crippen LogP contribution in [-0.2, 0) is 11.2 Å². The number of hydrogen-bond donors (Lipinski definition) is 2. The first-order valence-electron chi connectivity index (χ1n) is 5.05. The molecule has 0 saturated carbocycles. The van der Waals surface area contributed by atoms with Crippen LogP contribution in [0.25, 0.3) is 0 Å². The highest BCUT2D eigenvalue weighted by molar-refractivity contribution is 7.97. The van der Waals surface area contributed by atoms with Gasteiger partial charge in [-0.2, -0.15) is 0 Å². The fourth-order valence-electron chi connectivity index (χ4n) is 1.69. The normalized spacial score (nSPS) is 18.4. The molecule has 0 amide bonds. The maximum Gasteiger partial charge on any atom is 0.321 e. The molecule has 0 fully saturated rings. The van der Waals surface area contributed by atoms with Crippen molar-refractivity contribution >= 4 is 17.9 Å². The number of carbonyl (C=O) groups is 1. The smallest absolute Gasteiger partial charge is 0.321 e. The zero-order chi connectivity index (χ0) is 12.4. The molecule has 1 heterocycles. The molecule has 1 aromatic rings. The molecule has 0 bridgehead atoms. The molecule has 0 saturated heterocycles. The summed E-state index contributed by atoms with van der Waals surface area (Å²) in [6.07, 6.45) is 0.442. The van der Waals surface area contributed by atoms with Crippen LogP contribution < -0.4 is 14.2 Å². The van der Waals surface area contributed by atoms with Gasteiger partial charge in [-0.1, -0.05) is 0 Å². The van der Waals surface area contributed by atoms with E-state index in [1.165, 1.54) is 11.9 Å². The summed E-state index contributed by atoms with van der Waals surface area (Å²) in [6.45, 7) is 0. The number of benzene rings is 1. The Morgan fingerprint density at radius 1 is 1.41 bits per heavy atom. The Morgan fingerprint density at radius 2 is 2.06 bits per heavy atom. The van der Waals surface area contributed by atoms with Gasteiger partial charge in [0.2, 0.25) is 0 Å². The molecule has 0 spiro atoms. The highest BCUT2D eigenvalue weighted by Crippen LogP contribution is 2.37. The third-order valence-electron chi connectivity index (χ3n) is 2.60. The third-order valence-corrected chi connectivity index (χ3v) is 3.60. The second-order valence-corrected chi connectivity index (χ2v) is 4.51. The van der Waals surface area contributed by atoms with Crippen LogP contribution in [0.2, 0.25) is 0 Å². The molecule has 92 valence electrons. The molecular weight excluding hydrogens is 242 g/mol. The monoisotopic (exact) mass is 255 g/mol. The van der Waals surface area contributed by atoms with Crippen LogP contribution in [0.4, 0.5) is 0 Å². The van der Waals surface area contributed by atoms with Gasteiger partial charge in [0.1, 0.15) is 6.04 Å². The van der Waals surface area contributed by atoms with Crippen LogP contribution in [0.3, 0.4) is 0 Å². The Labute approximate surface area is 103 Å². The summed E-state index contributed by atoms with van der Waals surface area (Å²) < 4.78 is 13.3. The second kappa shape index (κ2) is 4.85. The molecule has 1 aliphatic rings. The summed E-state index contributed by atoms with van der Waals surface area (Å²) in [6, 6.07) is 3.12. The van der Waals surface area contributed by atoms with Gasteiger partial charge >= 0.3 is 5.97 Å². The minimum atomic E-state index is -0.849. The summed E-state index contributed by atoms with van der Waals surface area (Å²) >= 11 is 1.31. The number of aliphatic carboxylic acids is 1. The lowest BCUT2D eigenvalue weighted by Crippen LogP contribution is -2.36. The van der Waals surface area contributed by atoms with Crippen molar-refractivity contribution in [1.29, 1.82) is 0 Å². The Kier molecular flexibility index (Phi) is 3.44. The zero-order valence-corrected chi connectivity index (χ0v) is 10.3. The molecule has 1 unspecified atom stereocenters. The first-order chi connectivity index (χ1) is 8.15. The Bertz CT molecular complexity index is 449. The van der Waals surface area contributed by atoms with Gasteiger partial charge in [0, 0.05) is 11.3 Å². The van der Waals surface area contributed by atoms with Gasteiger partial charge < -0.3 is 14.6 Å². The first-order valence-corrected chi connectivity index (χ1v) is 5.87. The fraction of sp³-hybridized carbons (Fsp3) is 0.364. The van der Waals surface area contributed by atoms with E-state index in [0.29, 0.717) is 17.9 Å². The van der Waals surface area contributed by atoms with Crippen LogP contribution in [-0.4, -0.2) is 31.3 Å². The van der Waals surface area contributed by atoms with Crippen molar-refractivity contribution in [2.45, 2.75) is 17.4 Å². The summed E-state index contributed by atoms with van der Waals surface area (Å²) in [5.74, 6) is 0.421. The molecule has 5 nitrogen and oxygen atoms in total. The van der Waals surface area contributed by atoms with E-state index in [1.807, 2.05) is 12.1 Å². The maximum atomic E-state index is 10.9. The Morgan fingerprint density at radius 3 is 2.65 bits per heavy atom. The number of methoxy groups -OCH3 is 2. The summed E-state index contributed by atoms with van der Waals surface area (Å²) in [4.78, 5) is 11.9. The largest absolute Gasteiger partial charge is 0.493 e. The molecule has 1 aromatic carbocycles. The molecule has 0 aliphatic carbocycles. The van der Waals surface area contributed by atoms with E-state index in [2.05, 4.69) is 4.72 Å². The van der Waals surface area contributed by atoms with Gasteiger partial charge in [-0.3, -0.25) is 4.79 Å². The molecule has 17 heavy (non-hydrogen) atoms. The molecule has 6 heteroatoms. The van der Waals surface area contributed by atoms with Crippen molar-refractivity contribution in [3.63, 3.8) is 0 Å². The SMILES string of the molecule is COc1cc2c(cc1OC)SNC(C(=O)O)C2. The average Bonchev–Trinajstić information content (AvgIpc) is 2.36. The highest BCUT2D eigenvalue weighted by atomic mass is 32.2. The second-order valence-electron chi connectivity index (χ2n) is 3.63. The van der Waals surface area contributed by atoms with E-state index in [-0.39, 0.29) is 0 Å². The van der Waals surface area contributed by atoms with Crippen LogP contribution in [0.1, 0.15) is 5.56 Å². The van der Waals surface area contributed by atoms with E-state index in [1.54, 1.807) is 14.2 Å². The van der Waals surface area contributed by atoms with E-state index in [0.717, 1.165) is 10.5 Å². The highest BCUT2D eigenvalue weighted by Gasteiger charge is 2.25. The Hall–Kier alpha value is -1.40. The minimum Gasteiger partial charge on any atom is -0.493 e. The predicted octanol–water partition coefficient (Wildman–Crippen LogP) is 1.31. The molecule has 1 atom stereocenters. The van der Waals surface area contributed by atoms with Crippen molar-refractivity contribution in [2.24, 2.45) is 0 Å². The molecular formula is C11H13NO4S. The molecule has 2 rings (SSSR count). The standard InChI is InChI=1S/C11H13NO4S/c1-15-8-4-6-3-7(11(13)14)12-17-10(6)5-9(8)16-2/h4-5,7,12H,3H2,1-2H3,(H,13,14). The molecule has 1 aliphatic heterocycles. The van der Waals surface area contributed by atoms with Crippen LogP contribution in [0.15, 0.2) is 17.0 Å². The fourth-order valence-corrected chi connectivity index (χ4v) is 2.58. The van der Waals surface area contributed by atoms with Crippen LogP contribution in [0.5, 0.6) is 11.5 Å². The molecule has 2 N–H and O–H groups in total. The van der Waals surface area contributed by atoms with Crippen molar-refractivity contribution in [3.8, 4) is 11.5 Å². The number of fused-ring (bicyclic) bond motifs is 1. The minimum absolute atomic E-state index is 0.442. The zero-order valence-electron chi connectivity index (χ0n) is 9.52. The van der Waals surface area contributed by atoms with Crippen molar-refractivity contribution in [1.82, 2.24) is 4.72 Å². The van der Waals surface area contributed by atoms with E-state index < -0.39 is 12.0 Å².